The Morgan fingerprint density at radius 3 is 2.32 bits per heavy atom. The minimum Gasteiger partial charge on any atom is -0.360 e. The number of aryl methyl sites for hydroxylation is 2. The lowest BCUT2D eigenvalue weighted by Crippen LogP contribution is -2.39. The van der Waals surface area contributed by atoms with Crippen molar-refractivity contribution in [3.05, 3.63) is 27.7 Å². The van der Waals surface area contributed by atoms with E-state index in [1.165, 1.54) is 43.2 Å². The van der Waals surface area contributed by atoms with Crippen LogP contribution in [0.15, 0.2) is 16.6 Å². The number of nitrogens with one attached hydrogen (secondary N) is 2. The summed E-state index contributed by atoms with van der Waals surface area (Å²) in [6, 6.07) is 4.77. The Morgan fingerprint density at radius 1 is 1.16 bits per heavy atom. The summed E-state index contributed by atoms with van der Waals surface area (Å²) < 4.78 is 1.11. The van der Waals surface area contributed by atoms with Crippen LogP contribution < -0.4 is 10.6 Å². The molecule has 2 rings (SSSR count). The summed E-state index contributed by atoms with van der Waals surface area (Å²) in [5, 5.41) is 7.55. The second kappa shape index (κ2) is 6.71. The van der Waals surface area contributed by atoms with E-state index >= 15 is 0 Å². The van der Waals surface area contributed by atoms with Crippen LogP contribution in [0.4, 0.5) is 5.69 Å². The molecule has 2 nitrogen and oxygen atoms in total. The predicted molar refractivity (Wildman–Crippen MR) is 89.8 cm³/mol. The molecule has 2 N–H and O–H groups in total. The fraction of sp³-hybridized carbons (Fsp3) is 0.533. The fourth-order valence-electron chi connectivity index (χ4n) is 2.69. The number of thiocarbonyl (C=S) groups is 1. The van der Waals surface area contributed by atoms with Crippen molar-refractivity contribution in [3.63, 3.8) is 0 Å². The maximum Gasteiger partial charge on any atom is 0.171 e. The first-order valence-corrected chi connectivity index (χ1v) is 8.10. The van der Waals surface area contributed by atoms with Crippen LogP contribution in [0.2, 0.25) is 0 Å². The highest BCUT2D eigenvalue weighted by Gasteiger charge is 2.14. The monoisotopic (exact) mass is 340 g/mol. The van der Waals surface area contributed by atoms with Crippen molar-refractivity contribution in [1.82, 2.24) is 5.32 Å². The van der Waals surface area contributed by atoms with Gasteiger partial charge in [-0.25, -0.2) is 0 Å². The SMILES string of the molecule is Cc1cc(Br)cc(C)c1NC(=S)NC1CCCCC1. The molecule has 1 aromatic rings. The van der Waals surface area contributed by atoms with Crippen molar-refractivity contribution < 1.29 is 0 Å². The van der Waals surface area contributed by atoms with E-state index in [1.807, 2.05) is 0 Å². The maximum atomic E-state index is 5.44. The molecule has 0 atom stereocenters. The predicted octanol–water partition coefficient (Wildman–Crippen LogP) is 4.69. The summed E-state index contributed by atoms with van der Waals surface area (Å²) in [5.41, 5.74) is 3.54. The third kappa shape index (κ3) is 4.18. The summed E-state index contributed by atoms with van der Waals surface area (Å²) in [4.78, 5) is 0. The van der Waals surface area contributed by atoms with E-state index in [1.54, 1.807) is 0 Å². The maximum absolute atomic E-state index is 5.44. The molecule has 0 radical (unpaired) electrons. The molecule has 0 spiro atoms. The summed E-state index contributed by atoms with van der Waals surface area (Å²) >= 11 is 8.95. The summed E-state index contributed by atoms with van der Waals surface area (Å²) in [6.07, 6.45) is 6.47. The summed E-state index contributed by atoms with van der Waals surface area (Å²) in [6.45, 7) is 4.20. The normalized spacial score (nSPS) is 16.2. The fourth-order valence-corrected chi connectivity index (χ4v) is 3.65. The Morgan fingerprint density at radius 2 is 1.74 bits per heavy atom. The Labute approximate surface area is 129 Å². The average Bonchev–Trinajstić information content (AvgIpc) is 2.35. The quantitative estimate of drug-likeness (QED) is 0.764. The lowest BCUT2D eigenvalue weighted by molar-refractivity contribution is 0.415. The van der Waals surface area contributed by atoms with Gasteiger partial charge in [0, 0.05) is 16.2 Å². The van der Waals surface area contributed by atoms with Gasteiger partial charge in [0.2, 0.25) is 0 Å². The number of anilines is 1. The molecule has 1 aliphatic rings. The minimum atomic E-state index is 0.546. The molecule has 0 aliphatic heterocycles. The van der Waals surface area contributed by atoms with Gasteiger partial charge in [-0.2, -0.15) is 0 Å². The van der Waals surface area contributed by atoms with Gasteiger partial charge >= 0.3 is 0 Å². The Bertz CT molecular complexity index is 444. The largest absolute Gasteiger partial charge is 0.360 e. The van der Waals surface area contributed by atoms with Gasteiger partial charge in [0.05, 0.1) is 0 Å². The van der Waals surface area contributed by atoms with Gasteiger partial charge in [-0.15, -0.1) is 0 Å². The molecule has 0 unspecified atom stereocenters. The van der Waals surface area contributed by atoms with E-state index in [2.05, 4.69) is 52.5 Å². The van der Waals surface area contributed by atoms with Crippen molar-refractivity contribution in [2.24, 2.45) is 0 Å². The highest BCUT2D eigenvalue weighted by Crippen LogP contribution is 2.25. The number of hydrogen-bond acceptors (Lipinski definition) is 1. The molecular formula is C15H21BrN2S. The third-order valence-corrected chi connectivity index (χ3v) is 4.35. The molecule has 0 aromatic heterocycles. The van der Waals surface area contributed by atoms with Crippen LogP contribution in [0.5, 0.6) is 0 Å². The van der Waals surface area contributed by atoms with Gasteiger partial charge in [0.1, 0.15) is 0 Å². The van der Waals surface area contributed by atoms with E-state index < -0.39 is 0 Å². The zero-order valence-corrected chi connectivity index (χ0v) is 14.0. The highest BCUT2D eigenvalue weighted by molar-refractivity contribution is 9.10. The van der Waals surface area contributed by atoms with Crippen LogP contribution in [-0.2, 0) is 0 Å². The van der Waals surface area contributed by atoms with E-state index in [0.717, 1.165) is 15.3 Å². The van der Waals surface area contributed by atoms with Gasteiger partial charge in [-0.05, 0) is 62.2 Å². The zero-order chi connectivity index (χ0) is 13.8. The Hall–Kier alpha value is -0.610. The Kier molecular flexibility index (Phi) is 5.22. The summed E-state index contributed by atoms with van der Waals surface area (Å²) in [5.74, 6) is 0. The average molecular weight is 341 g/mol. The first kappa shape index (κ1) is 14.8. The molecule has 19 heavy (non-hydrogen) atoms. The van der Waals surface area contributed by atoms with Crippen LogP contribution in [0, 0.1) is 13.8 Å². The third-order valence-electron chi connectivity index (χ3n) is 3.68. The van der Waals surface area contributed by atoms with Crippen LogP contribution in [0.3, 0.4) is 0 Å². The number of rotatable bonds is 2. The molecular weight excluding hydrogens is 320 g/mol. The first-order valence-electron chi connectivity index (χ1n) is 6.90. The first-order chi connectivity index (χ1) is 9.06. The van der Waals surface area contributed by atoms with Gasteiger partial charge in [0.15, 0.2) is 5.11 Å². The van der Waals surface area contributed by atoms with Crippen molar-refractivity contribution in [2.75, 3.05) is 5.32 Å². The molecule has 104 valence electrons. The van der Waals surface area contributed by atoms with Gasteiger partial charge in [0.25, 0.3) is 0 Å². The lowest BCUT2D eigenvalue weighted by Gasteiger charge is -2.25. The molecule has 1 fully saturated rings. The topological polar surface area (TPSA) is 24.1 Å². The van der Waals surface area contributed by atoms with E-state index in [-0.39, 0.29) is 0 Å². The second-order valence-electron chi connectivity index (χ2n) is 5.35. The van der Waals surface area contributed by atoms with Crippen molar-refractivity contribution >= 4 is 38.9 Å². The highest BCUT2D eigenvalue weighted by atomic mass is 79.9. The van der Waals surface area contributed by atoms with E-state index in [9.17, 15) is 0 Å². The van der Waals surface area contributed by atoms with E-state index in [4.69, 9.17) is 12.2 Å². The van der Waals surface area contributed by atoms with Crippen LogP contribution >= 0.6 is 28.1 Å². The molecule has 0 amide bonds. The lowest BCUT2D eigenvalue weighted by atomic mass is 9.96. The molecule has 0 bridgehead atoms. The van der Waals surface area contributed by atoms with Gasteiger partial charge in [-0.3, -0.25) is 0 Å². The van der Waals surface area contributed by atoms with Crippen molar-refractivity contribution in [3.8, 4) is 0 Å². The molecule has 4 heteroatoms. The number of benzene rings is 1. The second-order valence-corrected chi connectivity index (χ2v) is 6.67. The standard InChI is InChI=1S/C15H21BrN2S/c1-10-8-12(16)9-11(2)14(10)18-15(19)17-13-6-4-3-5-7-13/h8-9,13H,3-7H2,1-2H3,(H2,17,18,19). The van der Waals surface area contributed by atoms with Crippen molar-refractivity contribution in [2.45, 2.75) is 52.0 Å². The summed E-state index contributed by atoms with van der Waals surface area (Å²) in [7, 11) is 0. The molecule has 0 heterocycles. The minimum absolute atomic E-state index is 0.546. The smallest absolute Gasteiger partial charge is 0.171 e. The van der Waals surface area contributed by atoms with E-state index in [0.29, 0.717) is 6.04 Å². The van der Waals surface area contributed by atoms with Gasteiger partial charge < -0.3 is 10.6 Å². The Balaban J connectivity index is 1.98. The van der Waals surface area contributed by atoms with Crippen LogP contribution in [0.25, 0.3) is 0 Å². The van der Waals surface area contributed by atoms with Gasteiger partial charge in [-0.1, -0.05) is 35.2 Å². The molecule has 1 aromatic carbocycles. The molecule has 0 saturated heterocycles. The number of hydrogen-bond donors (Lipinski definition) is 2. The number of halogens is 1. The van der Waals surface area contributed by atoms with Crippen molar-refractivity contribution in [1.29, 1.82) is 0 Å². The zero-order valence-electron chi connectivity index (χ0n) is 11.6. The molecule has 1 saturated carbocycles. The van der Waals surface area contributed by atoms with Crippen LogP contribution in [-0.4, -0.2) is 11.2 Å². The molecule has 1 aliphatic carbocycles. The van der Waals surface area contributed by atoms with Crippen LogP contribution in [0.1, 0.15) is 43.2 Å².